The number of anilines is 1. The highest BCUT2D eigenvalue weighted by molar-refractivity contribution is 5.88. The number of guanidine groups is 1. The Kier molecular flexibility index (Phi) is 7.61. The van der Waals surface area contributed by atoms with Gasteiger partial charge in [0.05, 0.1) is 6.54 Å². The molecule has 0 saturated carbocycles. The van der Waals surface area contributed by atoms with Gasteiger partial charge < -0.3 is 20.3 Å². The van der Waals surface area contributed by atoms with Crippen molar-refractivity contribution in [1.29, 1.82) is 0 Å². The van der Waals surface area contributed by atoms with Crippen molar-refractivity contribution in [1.82, 2.24) is 10.2 Å². The van der Waals surface area contributed by atoms with Crippen molar-refractivity contribution in [3.8, 4) is 5.75 Å². The fourth-order valence-electron chi connectivity index (χ4n) is 2.52. The number of halogens is 1. The van der Waals surface area contributed by atoms with Crippen LogP contribution in [0.1, 0.15) is 12.5 Å². The summed E-state index contributed by atoms with van der Waals surface area (Å²) in [5.74, 6) is 1.03. The molecule has 0 aromatic heterocycles. The molecule has 0 radical (unpaired) electrons. The van der Waals surface area contributed by atoms with Gasteiger partial charge in [0.2, 0.25) is 5.91 Å². The molecule has 0 saturated heterocycles. The molecule has 2 N–H and O–H groups in total. The van der Waals surface area contributed by atoms with Gasteiger partial charge >= 0.3 is 0 Å². The van der Waals surface area contributed by atoms with Gasteiger partial charge in [-0.2, -0.15) is 0 Å². The van der Waals surface area contributed by atoms with Crippen molar-refractivity contribution in [3.63, 3.8) is 0 Å². The molecule has 144 valence electrons. The van der Waals surface area contributed by atoms with Crippen molar-refractivity contribution in [2.75, 3.05) is 32.6 Å². The number of amides is 1. The maximum Gasteiger partial charge on any atom is 0.221 e. The highest BCUT2D eigenvalue weighted by Crippen LogP contribution is 2.17. The van der Waals surface area contributed by atoms with Gasteiger partial charge in [0, 0.05) is 39.3 Å². The predicted octanol–water partition coefficient (Wildman–Crippen LogP) is 2.87. The molecular formula is C20H25FN4O2. The quantitative estimate of drug-likeness (QED) is 0.446. The molecule has 0 aliphatic carbocycles. The van der Waals surface area contributed by atoms with E-state index in [4.69, 9.17) is 4.74 Å². The van der Waals surface area contributed by atoms with E-state index in [-0.39, 0.29) is 11.7 Å². The number of aliphatic imine (C=N–C) groups is 1. The van der Waals surface area contributed by atoms with Gasteiger partial charge in [-0.3, -0.25) is 9.79 Å². The van der Waals surface area contributed by atoms with Gasteiger partial charge in [0.25, 0.3) is 0 Å². The molecule has 2 rings (SSSR count). The number of nitrogens with one attached hydrogen (secondary N) is 2. The molecule has 0 bridgehead atoms. The van der Waals surface area contributed by atoms with E-state index >= 15 is 0 Å². The van der Waals surface area contributed by atoms with Gasteiger partial charge in [0.15, 0.2) is 5.96 Å². The summed E-state index contributed by atoms with van der Waals surface area (Å²) in [4.78, 5) is 17.3. The van der Waals surface area contributed by atoms with Crippen LogP contribution >= 0.6 is 0 Å². The number of benzene rings is 2. The SMILES string of the molecule is CN=C(NCCOc1cccc(NC(C)=O)c1)N(C)Cc1ccc(F)cc1. The molecule has 0 atom stereocenters. The first-order chi connectivity index (χ1) is 13.0. The highest BCUT2D eigenvalue weighted by atomic mass is 19.1. The average Bonchev–Trinajstić information content (AvgIpc) is 2.63. The maximum absolute atomic E-state index is 13.0. The lowest BCUT2D eigenvalue weighted by atomic mass is 10.2. The molecule has 1 amide bonds. The summed E-state index contributed by atoms with van der Waals surface area (Å²) in [6.45, 7) is 3.07. The summed E-state index contributed by atoms with van der Waals surface area (Å²) >= 11 is 0. The second-order valence-electron chi connectivity index (χ2n) is 6.01. The van der Waals surface area contributed by atoms with Crippen molar-refractivity contribution in [2.45, 2.75) is 13.5 Å². The van der Waals surface area contributed by atoms with E-state index in [0.29, 0.717) is 31.1 Å². The Bertz CT molecular complexity index is 778. The first kappa shape index (κ1) is 20.2. The third-order valence-corrected chi connectivity index (χ3v) is 3.71. The second kappa shape index (κ2) is 10.2. The summed E-state index contributed by atoms with van der Waals surface area (Å²) in [5.41, 5.74) is 1.69. The Morgan fingerprint density at radius 2 is 1.96 bits per heavy atom. The zero-order valence-electron chi connectivity index (χ0n) is 15.8. The smallest absolute Gasteiger partial charge is 0.221 e. The molecule has 7 heteroatoms. The molecule has 2 aromatic rings. The molecule has 0 fully saturated rings. The van der Waals surface area contributed by atoms with Crippen LogP contribution in [0, 0.1) is 5.82 Å². The van der Waals surface area contributed by atoms with Crippen LogP contribution in [0.4, 0.5) is 10.1 Å². The number of hydrogen-bond acceptors (Lipinski definition) is 3. The van der Waals surface area contributed by atoms with E-state index in [1.807, 2.05) is 24.1 Å². The fourth-order valence-corrected chi connectivity index (χ4v) is 2.52. The van der Waals surface area contributed by atoms with Gasteiger partial charge in [0.1, 0.15) is 18.2 Å². The summed E-state index contributed by atoms with van der Waals surface area (Å²) in [6.07, 6.45) is 0. The Morgan fingerprint density at radius 3 is 2.63 bits per heavy atom. The maximum atomic E-state index is 13.0. The summed E-state index contributed by atoms with van der Waals surface area (Å²) in [5, 5.41) is 5.95. The minimum atomic E-state index is -0.247. The minimum Gasteiger partial charge on any atom is -0.492 e. The molecule has 0 aliphatic rings. The third-order valence-electron chi connectivity index (χ3n) is 3.71. The largest absolute Gasteiger partial charge is 0.492 e. The van der Waals surface area contributed by atoms with Crippen molar-refractivity contribution in [3.05, 3.63) is 59.9 Å². The average molecular weight is 372 g/mol. The molecule has 0 heterocycles. The molecule has 0 spiro atoms. The van der Waals surface area contributed by atoms with Crippen LogP contribution in [0.3, 0.4) is 0 Å². The van der Waals surface area contributed by atoms with Crippen LogP contribution in [0.15, 0.2) is 53.5 Å². The summed E-state index contributed by atoms with van der Waals surface area (Å²) in [6, 6.07) is 13.6. The standard InChI is InChI=1S/C20H25FN4O2/c1-15(26)24-18-5-4-6-19(13-18)27-12-11-23-20(22-2)25(3)14-16-7-9-17(21)10-8-16/h4-10,13H,11-12,14H2,1-3H3,(H,22,23)(H,24,26). The van der Waals surface area contributed by atoms with Gasteiger partial charge in [-0.1, -0.05) is 18.2 Å². The zero-order chi connectivity index (χ0) is 19.6. The van der Waals surface area contributed by atoms with Crippen LogP contribution in [-0.2, 0) is 11.3 Å². The highest BCUT2D eigenvalue weighted by Gasteiger charge is 2.07. The fraction of sp³-hybridized carbons (Fsp3) is 0.300. The van der Waals surface area contributed by atoms with Gasteiger partial charge in [-0.25, -0.2) is 4.39 Å². The third kappa shape index (κ3) is 6.97. The van der Waals surface area contributed by atoms with E-state index in [1.54, 1.807) is 31.3 Å². The van der Waals surface area contributed by atoms with Gasteiger partial charge in [-0.15, -0.1) is 0 Å². The molecule has 2 aromatic carbocycles. The molecule has 6 nitrogen and oxygen atoms in total. The number of ether oxygens (including phenoxy) is 1. The Hall–Kier alpha value is -3.09. The summed E-state index contributed by atoms with van der Waals surface area (Å²) < 4.78 is 18.7. The lowest BCUT2D eigenvalue weighted by molar-refractivity contribution is -0.114. The van der Waals surface area contributed by atoms with Crippen LogP contribution in [-0.4, -0.2) is 44.0 Å². The number of hydrogen-bond donors (Lipinski definition) is 2. The first-order valence-corrected chi connectivity index (χ1v) is 8.64. The zero-order valence-corrected chi connectivity index (χ0v) is 15.8. The lowest BCUT2D eigenvalue weighted by Gasteiger charge is -2.22. The second-order valence-corrected chi connectivity index (χ2v) is 6.01. The van der Waals surface area contributed by atoms with E-state index in [1.165, 1.54) is 19.1 Å². The van der Waals surface area contributed by atoms with Crippen LogP contribution < -0.4 is 15.4 Å². The monoisotopic (exact) mass is 372 g/mol. The van der Waals surface area contributed by atoms with Gasteiger partial charge in [-0.05, 0) is 29.8 Å². The molecule has 27 heavy (non-hydrogen) atoms. The van der Waals surface area contributed by atoms with Crippen LogP contribution in [0.2, 0.25) is 0 Å². The van der Waals surface area contributed by atoms with E-state index in [9.17, 15) is 9.18 Å². The normalized spacial score (nSPS) is 11.0. The van der Waals surface area contributed by atoms with Crippen molar-refractivity contribution in [2.24, 2.45) is 4.99 Å². The topological polar surface area (TPSA) is 66.0 Å². The summed E-state index contributed by atoms with van der Waals surface area (Å²) in [7, 11) is 3.62. The van der Waals surface area contributed by atoms with Crippen LogP contribution in [0.25, 0.3) is 0 Å². The first-order valence-electron chi connectivity index (χ1n) is 8.64. The van der Waals surface area contributed by atoms with E-state index in [0.717, 1.165) is 11.5 Å². The molecule has 0 aliphatic heterocycles. The Balaban J connectivity index is 1.79. The number of rotatable bonds is 7. The Morgan fingerprint density at radius 1 is 1.22 bits per heavy atom. The molecular weight excluding hydrogens is 347 g/mol. The van der Waals surface area contributed by atoms with E-state index in [2.05, 4.69) is 15.6 Å². The van der Waals surface area contributed by atoms with Crippen LogP contribution in [0.5, 0.6) is 5.75 Å². The number of nitrogens with zero attached hydrogens (tertiary/aromatic N) is 2. The Labute approximate surface area is 159 Å². The number of carbonyl (C=O) groups excluding carboxylic acids is 1. The predicted molar refractivity (Wildman–Crippen MR) is 105 cm³/mol. The molecule has 0 unspecified atom stereocenters. The van der Waals surface area contributed by atoms with E-state index < -0.39 is 0 Å². The van der Waals surface area contributed by atoms with Crippen molar-refractivity contribution < 1.29 is 13.9 Å². The van der Waals surface area contributed by atoms with Crippen molar-refractivity contribution >= 4 is 17.6 Å². The lowest BCUT2D eigenvalue weighted by Crippen LogP contribution is -2.40. The number of carbonyl (C=O) groups is 1. The minimum absolute atomic E-state index is 0.123.